The smallest absolute Gasteiger partial charge is 0.268 e. The lowest BCUT2D eigenvalue weighted by Gasteiger charge is -2.31. The van der Waals surface area contributed by atoms with Crippen molar-refractivity contribution in [1.29, 1.82) is 0 Å². The number of nitrogens with zero attached hydrogens (tertiary/aromatic N) is 4. The molecule has 5 amide bonds. The highest BCUT2D eigenvalue weighted by molar-refractivity contribution is 6.36. The second kappa shape index (κ2) is 20.3. The molecule has 0 saturated heterocycles. The Bertz CT molecular complexity index is 4280. The molecule has 396 valence electrons. The third-order valence-corrected chi connectivity index (χ3v) is 15.9. The summed E-state index contributed by atoms with van der Waals surface area (Å²) in [5.74, 6) is -3.31. The molecule has 4 aliphatic heterocycles. The van der Waals surface area contributed by atoms with Crippen LogP contribution in [0.3, 0.4) is 0 Å². The number of rotatable bonds is 12. The van der Waals surface area contributed by atoms with Gasteiger partial charge in [0.05, 0.1) is 29.3 Å². The average Bonchev–Trinajstić information content (AvgIpc) is 3.86. The van der Waals surface area contributed by atoms with Gasteiger partial charge in [-0.3, -0.25) is 28.9 Å². The lowest BCUT2D eigenvalue weighted by molar-refractivity contribution is -0.124. The number of benzene rings is 6. The number of aromatic amines is 2. The van der Waals surface area contributed by atoms with Crippen molar-refractivity contribution in [2.24, 2.45) is 0 Å². The van der Waals surface area contributed by atoms with Crippen LogP contribution in [-0.2, 0) is 4.79 Å². The Labute approximate surface area is 467 Å². The van der Waals surface area contributed by atoms with E-state index in [1.807, 2.05) is 30.3 Å². The number of carbonyl (C=O) groups is 5. The third kappa shape index (κ3) is 8.85. The van der Waals surface area contributed by atoms with Crippen LogP contribution in [0.2, 0.25) is 0 Å². The summed E-state index contributed by atoms with van der Waals surface area (Å²) < 4.78 is 0. The van der Waals surface area contributed by atoms with E-state index in [0.29, 0.717) is 17.0 Å². The van der Waals surface area contributed by atoms with Gasteiger partial charge in [-0.05, 0) is 134 Å². The summed E-state index contributed by atoms with van der Waals surface area (Å²) in [6, 6.07) is 47.6. The summed E-state index contributed by atoms with van der Waals surface area (Å²) >= 11 is 0. The molecule has 0 fully saturated rings. The Morgan fingerprint density at radius 2 is 0.778 bits per heavy atom. The van der Waals surface area contributed by atoms with E-state index in [0.717, 1.165) is 120 Å². The fourth-order valence-corrected chi connectivity index (χ4v) is 11.6. The Balaban J connectivity index is 0.882. The van der Waals surface area contributed by atoms with Crippen LogP contribution in [0.1, 0.15) is 114 Å². The van der Waals surface area contributed by atoms with Gasteiger partial charge in [0.2, 0.25) is 0 Å². The lowest BCUT2D eigenvalue weighted by atomic mass is 9.86. The van der Waals surface area contributed by atoms with Gasteiger partial charge in [0, 0.05) is 89.6 Å². The molecule has 81 heavy (non-hydrogen) atoms. The number of anilines is 1. The molecule has 0 atom stereocenters. The summed E-state index contributed by atoms with van der Waals surface area (Å²) in [7, 11) is 0. The van der Waals surface area contributed by atoms with Crippen molar-refractivity contribution in [3.8, 4) is 44.5 Å². The molecule has 0 saturated carbocycles. The average molecular weight is 1060 g/mol. The predicted molar refractivity (Wildman–Crippen MR) is 322 cm³/mol. The molecular weight excluding hydrogens is 1010 g/mol. The number of hydrogen-bond acceptors (Lipinski definition) is 8. The molecule has 4 aliphatic rings. The van der Waals surface area contributed by atoms with Crippen LogP contribution in [0.5, 0.6) is 0 Å². The minimum absolute atomic E-state index is 0.0781. The van der Waals surface area contributed by atoms with Crippen molar-refractivity contribution in [3.05, 3.63) is 207 Å². The quantitative estimate of drug-likeness (QED) is 0.0805. The van der Waals surface area contributed by atoms with Crippen molar-refractivity contribution < 1.29 is 24.0 Å². The third-order valence-electron chi connectivity index (χ3n) is 15.9. The van der Waals surface area contributed by atoms with E-state index in [-0.39, 0.29) is 46.1 Å². The first-order chi connectivity index (χ1) is 39.4. The van der Waals surface area contributed by atoms with Crippen molar-refractivity contribution in [1.82, 2.24) is 29.7 Å². The number of H-pyrrole nitrogens is 2. The number of aryl methyl sites for hydroxylation is 3. The van der Waals surface area contributed by atoms with Gasteiger partial charge < -0.3 is 15.3 Å². The number of amides is 5. The highest BCUT2D eigenvalue weighted by atomic mass is 16.2. The first-order valence-electron chi connectivity index (χ1n) is 27.5. The van der Waals surface area contributed by atoms with E-state index >= 15 is 0 Å². The molecule has 0 spiro atoms. The van der Waals surface area contributed by atoms with Crippen molar-refractivity contribution >= 4 is 92.4 Å². The van der Waals surface area contributed by atoms with E-state index in [1.165, 1.54) is 34.7 Å². The molecule has 3 aromatic heterocycles. The minimum Gasteiger partial charge on any atom is -0.376 e. The Hall–Kier alpha value is -10.1. The highest BCUT2D eigenvalue weighted by Gasteiger charge is 2.41. The first kappa shape index (κ1) is 50.4. The van der Waals surface area contributed by atoms with Crippen LogP contribution in [-0.4, -0.2) is 72.4 Å². The van der Waals surface area contributed by atoms with Crippen LogP contribution < -0.4 is 5.32 Å². The van der Waals surface area contributed by atoms with E-state index in [4.69, 9.17) is 9.97 Å². The SMILES string of the molecule is CCCCCCN1C(=O)c2ccc3c4c(ccc(c24)C1=O)C(=O)N(C(=O)CNc1ccc(-c2c4nc(c(-c5ccc(C)cc5)c5ccc([nH]5)c(-c5ccc(C)cc5)c5nc(c(-c6ccc(C)cc6)c6ccc2[nH]6)C=C5)C=C4)cc1)C3=O. The molecular formula is C69H55N7O5. The summed E-state index contributed by atoms with van der Waals surface area (Å²) in [6.45, 7) is 8.24. The lowest BCUT2D eigenvalue weighted by Crippen LogP contribution is -2.47. The summed E-state index contributed by atoms with van der Waals surface area (Å²) in [4.78, 5) is 90.3. The fraction of sp³-hybridized carbons (Fsp3) is 0.145. The molecule has 6 aromatic carbocycles. The number of aromatic nitrogens is 4. The number of nitrogens with one attached hydrogen (secondary N) is 3. The molecule has 13 rings (SSSR count). The van der Waals surface area contributed by atoms with Crippen LogP contribution >= 0.6 is 0 Å². The molecule has 8 bridgehead atoms. The summed E-state index contributed by atoms with van der Waals surface area (Å²) in [6.07, 6.45) is 11.9. The van der Waals surface area contributed by atoms with Crippen LogP contribution in [0, 0.1) is 20.8 Å². The molecule has 3 N–H and O–H groups in total. The fourth-order valence-electron chi connectivity index (χ4n) is 11.6. The molecule has 0 aliphatic carbocycles. The van der Waals surface area contributed by atoms with Gasteiger partial charge in [0.25, 0.3) is 29.5 Å². The van der Waals surface area contributed by atoms with Gasteiger partial charge in [-0.15, -0.1) is 0 Å². The monoisotopic (exact) mass is 1060 g/mol. The molecule has 0 unspecified atom stereocenters. The molecule has 12 nitrogen and oxygen atoms in total. The van der Waals surface area contributed by atoms with Gasteiger partial charge in [0.1, 0.15) is 0 Å². The first-order valence-corrected chi connectivity index (χ1v) is 27.5. The zero-order chi connectivity index (χ0) is 55.6. The minimum atomic E-state index is -0.814. The number of imide groups is 4. The Morgan fingerprint density at radius 1 is 0.432 bits per heavy atom. The van der Waals surface area contributed by atoms with Crippen molar-refractivity contribution in [3.63, 3.8) is 0 Å². The van der Waals surface area contributed by atoms with Crippen LogP contribution in [0.4, 0.5) is 5.69 Å². The summed E-state index contributed by atoms with van der Waals surface area (Å²) in [5, 5.41) is 3.64. The Kier molecular flexibility index (Phi) is 12.6. The highest BCUT2D eigenvalue weighted by Crippen LogP contribution is 2.41. The van der Waals surface area contributed by atoms with Gasteiger partial charge in [-0.25, -0.2) is 14.9 Å². The standard InChI is InChI=1S/C69H55N7O5/c1-5-6-7-8-37-75-66(78)47-25-27-49-65-50(28-26-48(64(47)65)67(75)79)69(81)76(68(49)80)59(77)38-70-46-23-21-45(22-24-46)63-57-35-33-55(73-57)61(43-17-11-40(3)12-18-43)53-31-29-51(71-53)60(42-15-9-39(2)10-16-42)52-30-32-54(72-52)62(56-34-36-58(63)74-56)44-19-13-41(4)14-20-44/h9-36,70-71,74H,5-8,37-38H2,1-4H3. The van der Waals surface area contributed by atoms with Gasteiger partial charge in [-0.2, -0.15) is 0 Å². The zero-order valence-corrected chi connectivity index (χ0v) is 45.2. The molecule has 12 heteroatoms. The number of carbonyl (C=O) groups excluding carboxylic acids is 5. The molecule has 7 heterocycles. The largest absolute Gasteiger partial charge is 0.376 e. The maximum Gasteiger partial charge on any atom is 0.268 e. The number of fused-ring (bicyclic) bond motifs is 8. The van der Waals surface area contributed by atoms with E-state index < -0.39 is 29.5 Å². The maximum absolute atomic E-state index is 14.2. The number of unbranched alkanes of at least 4 members (excludes halogenated alkanes) is 3. The zero-order valence-electron chi connectivity index (χ0n) is 45.2. The van der Waals surface area contributed by atoms with E-state index in [2.05, 4.69) is 158 Å². The van der Waals surface area contributed by atoms with Crippen LogP contribution in [0.25, 0.3) is 102 Å². The van der Waals surface area contributed by atoms with Crippen molar-refractivity contribution in [2.75, 3.05) is 18.4 Å². The van der Waals surface area contributed by atoms with Crippen LogP contribution in [0.15, 0.2) is 146 Å². The van der Waals surface area contributed by atoms with Gasteiger partial charge in [-0.1, -0.05) is 128 Å². The predicted octanol–water partition coefficient (Wildman–Crippen LogP) is 14.8. The van der Waals surface area contributed by atoms with Crippen molar-refractivity contribution in [2.45, 2.75) is 53.4 Å². The molecule has 9 aromatic rings. The normalized spacial score (nSPS) is 13.5. The van der Waals surface area contributed by atoms with Gasteiger partial charge >= 0.3 is 0 Å². The van der Waals surface area contributed by atoms with Gasteiger partial charge in [0.15, 0.2) is 0 Å². The van der Waals surface area contributed by atoms with E-state index in [1.54, 1.807) is 0 Å². The molecule has 0 radical (unpaired) electrons. The second-order valence-corrected chi connectivity index (χ2v) is 21.3. The summed E-state index contributed by atoms with van der Waals surface area (Å²) in [5.41, 5.74) is 18.9. The van der Waals surface area contributed by atoms with E-state index in [9.17, 15) is 24.0 Å². The maximum atomic E-state index is 14.2. The Morgan fingerprint density at radius 3 is 1.14 bits per heavy atom. The topological polar surface area (TPSA) is 161 Å². The second-order valence-electron chi connectivity index (χ2n) is 21.3. The number of hydrogen-bond donors (Lipinski definition) is 3.